The molecule has 2 nitrogen and oxygen atoms in total. The summed E-state index contributed by atoms with van der Waals surface area (Å²) in [6, 6.07) is 1.63. The van der Waals surface area contributed by atoms with Crippen LogP contribution in [0.4, 0.5) is 5.69 Å². The Labute approximate surface area is 70.4 Å². The molecule has 0 aliphatic rings. The molecule has 0 fully saturated rings. The molecule has 1 rings (SSSR count). The summed E-state index contributed by atoms with van der Waals surface area (Å²) in [6.07, 6.45) is 1.53. The minimum Gasteiger partial charge on any atom is -0.396 e. The van der Waals surface area contributed by atoms with Gasteiger partial charge < -0.3 is 5.73 Å². The highest BCUT2D eigenvalue weighted by Gasteiger charge is 1.96. The van der Waals surface area contributed by atoms with Gasteiger partial charge in [-0.3, -0.25) is 0 Å². The predicted molar refractivity (Wildman–Crippen MR) is 46.2 cm³/mol. The van der Waals surface area contributed by atoms with E-state index in [1.165, 1.54) is 6.20 Å². The van der Waals surface area contributed by atoms with Gasteiger partial charge in [-0.2, -0.15) is 0 Å². The summed E-state index contributed by atoms with van der Waals surface area (Å²) in [6.45, 7) is 1.73. The maximum absolute atomic E-state index is 5.63. The Balaban J connectivity index is 3.16. The van der Waals surface area contributed by atoms with Crippen molar-refractivity contribution in [3.05, 3.63) is 23.0 Å². The van der Waals surface area contributed by atoms with Crippen LogP contribution in [0, 0.1) is 11.8 Å². The van der Waals surface area contributed by atoms with E-state index in [4.69, 9.17) is 17.3 Å². The minimum absolute atomic E-state index is 0.520. The lowest BCUT2D eigenvalue weighted by molar-refractivity contribution is 1.29. The topological polar surface area (TPSA) is 38.9 Å². The number of nitrogens with zero attached hydrogens (tertiary/aromatic N) is 1. The van der Waals surface area contributed by atoms with E-state index in [2.05, 4.69) is 16.8 Å². The Morgan fingerprint density at radius 1 is 1.64 bits per heavy atom. The van der Waals surface area contributed by atoms with Gasteiger partial charge in [-0.1, -0.05) is 17.5 Å². The molecule has 56 valence electrons. The minimum atomic E-state index is 0.520. The normalized spacial score (nSPS) is 8.55. The summed E-state index contributed by atoms with van der Waals surface area (Å²) < 4.78 is 0. The molecule has 0 atom stereocenters. The molecule has 0 aliphatic carbocycles. The molecule has 11 heavy (non-hydrogen) atoms. The zero-order chi connectivity index (χ0) is 8.27. The molecule has 0 saturated heterocycles. The van der Waals surface area contributed by atoms with Crippen LogP contribution in [0.1, 0.15) is 12.6 Å². The van der Waals surface area contributed by atoms with Crippen LogP contribution in [0.25, 0.3) is 0 Å². The first-order chi connectivity index (χ1) is 5.24. The summed E-state index contributed by atoms with van der Waals surface area (Å²) in [7, 11) is 0. The van der Waals surface area contributed by atoms with E-state index in [1.807, 2.05) is 0 Å². The second kappa shape index (κ2) is 3.27. The summed E-state index contributed by atoms with van der Waals surface area (Å²) in [5, 5.41) is 0.532. The lowest BCUT2D eigenvalue weighted by atomic mass is 10.3. The molecule has 0 amide bonds. The molecule has 2 N–H and O–H groups in total. The number of hydrogen-bond acceptors (Lipinski definition) is 2. The van der Waals surface area contributed by atoms with Gasteiger partial charge in [0.05, 0.1) is 10.7 Å². The Morgan fingerprint density at radius 2 is 2.36 bits per heavy atom. The van der Waals surface area contributed by atoms with Crippen LogP contribution in [0.3, 0.4) is 0 Å². The Bertz CT molecular complexity index is 323. The molecule has 1 aromatic heterocycles. The van der Waals surface area contributed by atoms with Crippen LogP contribution in [0.15, 0.2) is 12.3 Å². The first kappa shape index (κ1) is 7.90. The van der Waals surface area contributed by atoms with Gasteiger partial charge in [0.2, 0.25) is 0 Å². The number of anilines is 1. The van der Waals surface area contributed by atoms with Gasteiger partial charge in [-0.05, 0) is 18.9 Å². The largest absolute Gasteiger partial charge is 0.396 e. The van der Waals surface area contributed by atoms with Crippen molar-refractivity contribution in [2.75, 3.05) is 5.73 Å². The maximum atomic E-state index is 5.63. The van der Waals surface area contributed by atoms with Gasteiger partial charge in [0.15, 0.2) is 0 Å². The number of pyridine rings is 1. The van der Waals surface area contributed by atoms with E-state index >= 15 is 0 Å². The zero-order valence-electron chi connectivity index (χ0n) is 6.06. The van der Waals surface area contributed by atoms with Crippen LogP contribution in [0.5, 0.6) is 0 Å². The molecule has 3 heteroatoms. The quantitative estimate of drug-likeness (QED) is 0.596. The highest BCUT2D eigenvalue weighted by Crippen LogP contribution is 2.13. The molecule has 0 spiro atoms. The molecule has 0 aromatic carbocycles. The van der Waals surface area contributed by atoms with Crippen molar-refractivity contribution in [2.24, 2.45) is 0 Å². The van der Waals surface area contributed by atoms with Gasteiger partial charge in [0.1, 0.15) is 5.69 Å². The van der Waals surface area contributed by atoms with Crippen molar-refractivity contribution in [1.29, 1.82) is 0 Å². The van der Waals surface area contributed by atoms with Crippen molar-refractivity contribution in [1.82, 2.24) is 4.98 Å². The van der Waals surface area contributed by atoms with Crippen molar-refractivity contribution >= 4 is 17.3 Å². The Kier molecular flexibility index (Phi) is 2.35. The fourth-order valence-electron chi connectivity index (χ4n) is 0.678. The molecule has 0 radical (unpaired) electrons. The van der Waals surface area contributed by atoms with Crippen LogP contribution < -0.4 is 5.73 Å². The van der Waals surface area contributed by atoms with E-state index in [0.717, 1.165) is 0 Å². The van der Waals surface area contributed by atoms with Gasteiger partial charge in [-0.25, -0.2) is 4.98 Å². The van der Waals surface area contributed by atoms with E-state index in [1.54, 1.807) is 13.0 Å². The third-order valence-electron chi connectivity index (χ3n) is 1.13. The second-order valence-electron chi connectivity index (χ2n) is 1.97. The fraction of sp³-hybridized carbons (Fsp3) is 0.125. The summed E-state index contributed by atoms with van der Waals surface area (Å²) >= 11 is 5.63. The average molecular weight is 167 g/mol. The van der Waals surface area contributed by atoms with Crippen molar-refractivity contribution in [3.8, 4) is 11.8 Å². The van der Waals surface area contributed by atoms with E-state index in [9.17, 15) is 0 Å². The molecule has 0 bridgehead atoms. The molecular weight excluding hydrogens is 160 g/mol. The smallest absolute Gasteiger partial charge is 0.136 e. The number of nitrogen functional groups attached to an aromatic ring is 1. The van der Waals surface area contributed by atoms with Crippen LogP contribution in [-0.4, -0.2) is 4.98 Å². The molecule has 1 aromatic rings. The van der Waals surface area contributed by atoms with Crippen molar-refractivity contribution in [3.63, 3.8) is 0 Å². The number of rotatable bonds is 0. The highest BCUT2D eigenvalue weighted by atomic mass is 35.5. The van der Waals surface area contributed by atoms with E-state index in [0.29, 0.717) is 16.4 Å². The van der Waals surface area contributed by atoms with Crippen LogP contribution in [0.2, 0.25) is 5.02 Å². The molecule has 1 heterocycles. The van der Waals surface area contributed by atoms with E-state index in [-0.39, 0.29) is 0 Å². The first-order valence-corrected chi connectivity index (χ1v) is 3.45. The first-order valence-electron chi connectivity index (χ1n) is 3.08. The van der Waals surface area contributed by atoms with Gasteiger partial charge >= 0.3 is 0 Å². The number of hydrogen-bond donors (Lipinski definition) is 1. The van der Waals surface area contributed by atoms with E-state index < -0.39 is 0 Å². The lowest BCUT2D eigenvalue weighted by Crippen LogP contribution is -1.92. The molecule has 0 aliphatic heterocycles. The third kappa shape index (κ3) is 1.86. The monoisotopic (exact) mass is 166 g/mol. The lowest BCUT2D eigenvalue weighted by Gasteiger charge is -1.95. The molecular formula is C8H7ClN2. The predicted octanol–water partition coefficient (Wildman–Crippen LogP) is 1.69. The Morgan fingerprint density at radius 3 is 2.91 bits per heavy atom. The number of nitrogens with two attached hydrogens (primary N) is 1. The molecule has 0 saturated carbocycles. The highest BCUT2D eigenvalue weighted by molar-refractivity contribution is 6.30. The van der Waals surface area contributed by atoms with Gasteiger partial charge in [-0.15, -0.1) is 0 Å². The molecule has 0 unspecified atom stereocenters. The van der Waals surface area contributed by atoms with Gasteiger partial charge in [0.25, 0.3) is 0 Å². The second-order valence-corrected chi connectivity index (χ2v) is 2.40. The average Bonchev–Trinajstić information content (AvgIpc) is 1.95. The van der Waals surface area contributed by atoms with Crippen LogP contribution in [-0.2, 0) is 0 Å². The number of aromatic nitrogens is 1. The van der Waals surface area contributed by atoms with Crippen molar-refractivity contribution < 1.29 is 0 Å². The van der Waals surface area contributed by atoms with Gasteiger partial charge in [0, 0.05) is 6.20 Å². The SMILES string of the molecule is CC#Cc1ncc(Cl)cc1N. The van der Waals surface area contributed by atoms with Crippen molar-refractivity contribution in [2.45, 2.75) is 6.92 Å². The zero-order valence-corrected chi connectivity index (χ0v) is 6.81. The standard InChI is InChI=1S/C8H7ClN2/c1-2-3-8-7(10)4-6(9)5-11-8/h4-5H,10H2,1H3. The van der Waals surface area contributed by atoms with Crippen LogP contribution >= 0.6 is 11.6 Å². The maximum Gasteiger partial charge on any atom is 0.136 e. The summed E-state index contributed by atoms with van der Waals surface area (Å²) in [5.74, 6) is 5.47. The Hall–Kier alpha value is -1.20. The summed E-state index contributed by atoms with van der Waals surface area (Å²) in [4.78, 5) is 3.94. The fourth-order valence-corrected chi connectivity index (χ4v) is 0.844. The number of halogens is 1. The third-order valence-corrected chi connectivity index (χ3v) is 1.33. The summed E-state index contributed by atoms with van der Waals surface area (Å²) in [5.41, 5.74) is 6.66.